The molecule has 2 aliphatic rings. The molecule has 18 heavy (non-hydrogen) atoms. The number of nitrogens with zero attached hydrogens (tertiary/aromatic N) is 2. The summed E-state index contributed by atoms with van der Waals surface area (Å²) >= 11 is 0. The lowest BCUT2D eigenvalue weighted by Crippen LogP contribution is -2.47. The van der Waals surface area contributed by atoms with Gasteiger partial charge in [-0.1, -0.05) is 0 Å². The van der Waals surface area contributed by atoms with Gasteiger partial charge in [-0.2, -0.15) is 0 Å². The molecule has 4 nitrogen and oxygen atoms in total. The van der Waals surface area contributed by atoms with E-state index in [9.17, 15) is 5.11 Å². The van der Waals surface area contributed by atoms with Crippen molar-refractivity contribution in [2.45, 2.75) is 31.7 Å². The first-order valence-corrected chi connectivity index (χ1v) is 7.41. The lowest BCUT2D eigenvalue weighted by molar-refractivity contribution is 0.0318. The van der Waals surface area contributed by atoms with Gasteiger partial charge >= 0.3 is 0 Å². The van der Waals surface area contributed by atoms with E-state index in [-0.39, 0.29) is 6.61 Å². The quantitative estimate of drug-likeness (QED) is 0.789. The molecular weight excluding hydrogens is 228 g/mol. The molecular formula is C14H28N2O2. The summed E-state index contributed by atoms with van der Waals surface area (Å²) in [5.74, 6) is 0.768. The van der Waals surface area contributed by atoms with Gasteiger partial charge in [-0.05, 0) is 51.7 Å². The largest absolute Gasteiger partial charge is 0.395 e. The Labute approximate surface area is 111 Å². The molecule has 0 bridgehead atoms. The topological polar surface area (TPSA) is 35.9 Å². The summed E-state index contributed by atoms with van der Waals surface area (Å²) in [6.07, 6.45) is 4.88. The third-order valence-corrected chi connectivity index (χ3v) is 4.43. The first kappa shape index (κ1) is 14.3. The lowest BCUT2D eigenvalue weighted by atomic mass is 9.96. The van der Waals surface area contributed by atoms with Gasteiger partial charge in [0, 0.05) is 32.3 Å². The SMILES string of the molecule is CN1CCC(N(CCO)CC2CCOCC2)CC1. The van der Waals surface area contributed by atoms with Crippen LogP contribution in [0.2, 0.25) is 0 Å². The van der Waals surface area contributed by atoms with Crippen molar-refractivity contribution in [2.24, 2.45) is 5.92 Å². The van der Waals surface area contributed by atoms with Gasteiger partial charge in [0.2, 0.25) is 0 Å². The zero-order valence-corrected chi connectivity index (χ0v) is 11.7. The Morgan fingerprint density at radius 1 is 1.17 bits per heavy atom. The van der Waals surface area contributed by atoms with Crippen LogP contribution in [0.15, 0.2) is 0 Å². The van der Waals surface area contributed by atoms with Crippen molar-refractivity contribution >= 4 is 0 Å². The highest BCUT2D eigenvalue weighted by Crippen LogP contribution is 2.21. The van der Waals surface area contributed by atoms with Gasteiger partial charge in [0.25, 0.3) is 0 Å². The van der Waals surface area contributed by atoms with Crippen molar-refractivity contribution in [3.8, 4) is 0 Å². The van der Waals surface area contributed by atoms with Crippen LogP contribution in [0.3, 0.4) is 0 Å². The standard InChI is InChI=1S/C14H28N2O2/c1-15-6-2-14(3-7-15)16(8-9-17)12-13-4-10-18-11-5-13/h13-14,17H,2-12H2,1H3. The van der Waals surface area contributed by atoms with Crippen molar-refractivity contribution in [1.29, 1.82) is 0 Å². The van der Waals surface area contributed by atoms with Crippen molar-refractivity contribution < 1.29 is 9.84 Å². The summed E-state index contributed by atoms with van der Waals surface area (Å²) in [6, 6.07) is 0.677. The highest BCUT2D eigenvalue weighted by molar-refractivity contribution is 4.80. The molecule has 0 spiro atoms. The molecule has 0 radical (unpaired) electrons. The number of aliphatic hydroxyl groups is 1. The van der Waals surface area contributed by atoms with Gasteiger partial charge < -0.3 is 14.7 Å². The van der Waals surface area contributed by atoms with Gasteiger partial charge in [-0.15, -0.1) is 0 Å². The van der Waals surface area contributed by atoms with E-state index in [1.165, 1.54) is 38.8 Å². The predicted molar refractivity (Wildman–Crippen MR) is 72.7 cm³/mol. The fraction of sp³-hybridized carbons (Fsp3) is 1.00. The zero-order valence-electron chi connectivity index (χ0n) is 11.7. The molecule has 0 saturated carbocycles. The van der Waals surface area contributed by atoms with Crippen LogP contribution in [0.1, 0.15) is 25.7 Å². The smallest absolute Gasteiger partial charge is 0.0558 e. The molecule has 0 aliphatic carbocycles. The minimum atomic E-state index is 0.287. The van der Waals surface area contributed by atoms with Crippen LogP contribution in [0.4, 0.5) is 0 Å². The van der Waals surface area contributed by atoms with E-state index in [4.69, 9.17) is 4.74 Å². The summed E-state index contributed by atoms with van der Waals surface area (Å²) in [5, 5.41) is 9.27. The Kier molecular flexibility index (Phi) is 5.89. The van der Waals surface area contributed by atoms with Gasteiger partial charge in [-0.25, -0.2) is 0 Å². The Morgan fingerprint density at radius 3 is 2.44 bits per heavy atom. The third-order valence-electron chi connectivity index (χ3n) is 4.43. The van der Waals surface area contributed by atoms with E-state index in [1.807, 2.05) is 0 Å². The highest BCUT2D eigenvalue weighted by atomic mass is 16.5. The third kappa shape index (κ3) is 4.19. The fourth-order valence-electron chi connectivity index (χ4n) is 3.17. The monoisotopic (exact) mass is 256 g/mol. The average Bonchev–Trinajstić information content (AvgIpc) is 2.40. The van der Waals surface area contributed by atoms with Crippen molar-refractivity contribution in [3.63, 3.8) is 0 Å². The number of aliphatic hydroxyl groups excluding tert-OH is 1. The Hall–Kier alpha value is -0.160. The Balaban J connectivity index is 1.82. The second-order valence-corrected chi connectivity index (χ2v) is 5.81. The molecule has 0 amide bonds. The molecule has 2 fully saturated rings. The predicted octanol–water partition coefficient (Wildman–Crippen LogP) is 0.802. The van der Waals surface area contributed by atoms with Crippen LogP contribution >= 0.6 is 0 Å². The number of ether oxygens (including phenoxy) is 1. The summed E-state index contributed by atoms with van der Waals surface area (Å²) in [5.41, 5.74) is 0. The second kappa shape index (κ2) is 7.43. The maximum Gasteiger partial charge on any atom is 0.0558 e. The molecule has 0 atom stereocenters. The molecule has 1 N–H and O–H groups in total. The van der Waals surface area contributed by atoms with Gasteiger partial charge in [-0.3, -0.25) is 4.90 Å². The molecule has 4 heteroatoms. The molecule has 0 unspecified atom stereocenters. The lowest BCUT2D eigenvalue weighted by Gasteiger charge is -2.39. The van der Waals surface area contributed by atoms with E-state index in [2.05, 4.69) is 16.8 Å². The molecule has 2 heterocycles. The van der Waals surface area contributed by atoms with E-state index in [1.54, 1.807) is 0 Å². The minimum absolute atomic E-state index is 0.287. The van der Waals surface area contributed by atoms with Gasteiger partial charge in [0.1, 0.15) is 0 Å². The van der Waals surface area contributed by atoms with Crippen molar-refractivity contribution in [2.75, 3.05) is 53.0 Å². The van der Waals surface area contributed by atoms with Crippen LogP contribution < -0.4 is 0 Å². The van der Waals surface area contributed by atoms with Crippen LogP contribution in [0.5, 0.6) is 0 Å². The molecule has 2 rings (SSSR count). The normalized spacial score (nSPS) is 24.8. The zero-order chi connectivity index (χ0) is 12.8. The summed E-state index contributed by atoms with van der Waals surface area (Å²) < 4.78 is 5.43. The Morgan fingerprint density at radius 2 is 1.83 bits per heavy atom. The first-order valence-electron chi connectivity index (χ1n) is 7.41. The second-order valence-electron chi connectivity index (χ2n) is 5.81. The van der Waals surface area contributed by atoms with Crippen molar-refractivity contribution in [3.05, 3.63) is 0 Å². The molecule has 106 valence electrons. The number of piperidine rings is 1. The van der Waals surface area contributed by atoms with E-state index in [0.717, 1.165) is 32.2 Å². The first-order chi connectivity index (χ1) is 8.79. The summed E-state index contributed by atoms with van der Waals surface area (Å²) in [6.45, 7) is 6.51. The average molecular weight is 256 g/mol. The van der Waals surface area contributed by atoms with Crippen LogP contribution in [0.25, 0.3) is 0 Å². The van der Waals surface area contributed by atoms with Gasteiger partial charge in [0.05, 0.1) is 6.61 Å². The molecule has 2 saturated heterocycles. The maximum absolute atomic E-state index is 9.27. The number of hydrogen-bond acceptors (Lipinski definition) is 4. The molecule has 0 aromatic heterocycles. The van der Waals surface area contributed by atoms with E-state index in [0.29, 0.717) is 6.04 Å². The highest BCUT2D eigenvalue weighted by Gasteiger charge is 2.25. The fourth-order valence-corrected chi connectivity index (χ4v) is 3.17. The van der Waals surface area contributed by atoms with E-state index < -0.39 is 0 Å². The molecule has 0 aromatic rings. The Bertz CT molecular complexity index is 224. The minimum Gasteiger partial charge on any atom is -0.395 e. The number of hydrogen-bond donors (Lipinski definition) is 1. The summed E-state index contributed by atoms with van der Waals surface area (Å²) in [7, 11) is 2.20. The number of rotatable bonds is 5. The van der Waals surface area contributed by atoms with Gasteiger partial charge in [0.15, 0.2) is 0 Å². The molecule has 2 aliphatic heterocycles. The maximum atomic E-state index is 9.27. The van der Waals surface area contributed by atoms with Crippen LogP contribution in [-0.4, -0.2) is 74.0 Å². The van der Waals surface area contributed by atoms with E-state index >= 15 is 0 Å². The van der Waals surface area contributed by atoms with Crippen LogP contribution in [-0.2, 0) is 4.74 Å². The van der Waals surface area contributed by atoms with Crippen molar-refractivity contribution in [1.82, 2.24) is 9.80 Å². The number of likely N-dealkylation sites (tertiary alicyclic amines) is 1. The molecule has 0 aromatic carbocycles. The van der Waals surface area contributed by atoms with Crippen LogP contribution in [0, 0.1) is 5.92 Å². The summed E-state index contributed by atoms with van der Waals surface area (Å²) in [4.78, 5) is 4.94.